The van der Waals surface area contributed by atoms with Gasteiger partial charge in [0.05, 0.1) is 24.5 Å². The third-order valence-corrected chi connectivity index (χ3v) is 4.66. The number of rotatable bonds is 5. The van der Waals surface area contributed by atoms with Crippen LogP contribution >= 0.6 is 0 Å². The number of nitrogen functional groups attached to an aromatic ring is 1. The van der Waals surface area contributed by atoms with E-state index in [-0.39, 0.29) is 6.10 Å². The van der Waals surface area contributed by atoms with Gasteiger partial charge in [-0.3, -0.25) is 0 Å². The standard InChI is InChI=1S/C22H21N5O2/c23-14-16-12-15(4-5-21(16)29-19-7-10-28-11-8-19)20-6-9-25-22(27-20)26-18-3-1-2-17(24)13-18/h1-6,9,12-13,19H,7-8,10-11,24H2,(H,25,26,27). The van der Waals surface area contributed by atoms with Crippen LogP contribution < -0.4 is 15.8 Å². The second-order valence-corrected chi connectivity index (χ2v) is 6.77. The first kappa shape index (κ1) is 18.7. The molecule has 0 atom stereocenters. The van der Waals surface area contributed by atoms with Crippen molar-refractivity contribution in [1.82, 2.24) is 9.97 Å². The van der Waals surface area contributed by atoms with Crippen LogP contribution in [0.25, 0.3) is 11.3 Å². The summed E-state index contributed by atoms with van der Waals surface area (Å²) in [6.45, 7) is 1.38. The van der Waals surface area contributed by atoms with Crippen molar-refractivity contribution in [2.45, 2.75) is 18.9 Å². The molecular weight excluding hydrogens is 366 g/mol. The van der Waals surface area contributed by atoms with E-state index in [1.54, 1.807) is 18.3 Å². The number of nitrogens with two attached hydrogens (primary N) is 1. The number of hydrogen-bond donors (Lipinski definition) is 2. The van der Waals surface area contributed by atoms with Crippen molar-refractivity contribution in [3.63, 3.8) is 0 Å². The van der Waals surface area contributed by atoms with Crippen LogP contribution in [0.3, 0.4) is 0 Å². The molecule has 7 nitrogen and oxygen atoms in total. The maximum Gasteiger partial charge on any atom is 0.227 e. The van der Waals surface area contributed by atoms with Gasteiger partial charge in [0.2, 0.25) is 5.95 Å². The monoisotopic (exact) mass is 387 g/mol. The summed E-state index contributed by atoms with van der Waals surface area (Å²) in [6.07, 6.45) is 3.42. The highest BCUT2D eigenvalue weighted by molar-refractivity contribution is 5.66. The Hall–Kier alpha value is -3.63. The molecule has 146 valence electrons. The second-order valence-electron chi connectivity index (χ2n) is 6.77. The molecule has 1 saturated heterocycles. The first-order valence-electron chi connectivity index (χ1n) is 9.46. The molecule has 0 spiro atoms. The molecule has 0 radical (unpaired) electrons. The number of hydrogen-bond acceptors (Lipinski definition) is 7. The average molecular weight is 387 g/mol. The van der Waals surface area contributed by atoms with Gasteiger partial charge in [0.1, 0.15) is 17.9 Å². The predicted octanol–water partition coefficient (Wildman–Crippen LogP) is 3.90. The van der Waals surface area contributed by atoms with E-state index < -0.39 is 0 Å². The van der Waals surface area contributed by atoms with Crippen molar-refractivity contribution in [1.29, 1.82) is 5.26 Å². The van der Waals surface area contributed by atoms with Crippen LogP contribution in [-0.4, -0.2) is 29.3 Å². The van der Waals surface area contributed by atoms with Crippen LogP contribution in [0.2, 0.25) is 0 Å². The molecule has 1 aromatic heterocycles. The Bertz CT molecular complexity index is 1040. The first-order chi connectivity index (χ1) is 14.2. The van der Waals surface area contributed by atoms with Gasteiger partial charge in [-0.1, -0.05) is 6.07 Å². The van der Waals surface area contributed by atoms with E-state index in [0.29, 0.717) is 41.9 Å². The number of anilines is 3. The minimum absolute atomic E-state index is 0.0786. The Balaban J connectivity index is 1.55. The van der Waals surface area contributed by atoms with Gasteiger partial charge >= 0.3 is 0 Å². The number of nitrogens with one attached hydrogen (secondary N) is 1. The molecule has 0 unspecified atom stereocenters. The molecule has 2 aromatic carbocycles. The lowest BCUT2D eigenvalue weighted by molar-refractivity contribution is 0.0254. The van der Waals surface area contributed by atoms with Gasteiger partial charge in [0, 0.05) is 36.0 Å². The highest BCUT2D eigenvalue weighted by atomic mass is 16.5. The lowest BCUT2D eigenvalue weighted by Gasteiger charge is -2.23. The molecule has 0 amide bonds. The van der Waals surface area contributed by atoms with E-state index in [1.165, 1.54) is 0 Å². The molecule has 0 saturated carbocycles. The average Bonchev–Trinajstić information content (AvgIpc) is 2.75. The normalized spacial score (nSPS) is 14.2. The molecular formula is C22H21N5O2. The van der Waals surface area contributed by atoms with Crippen molar-refractivity contribution in [2.24, 2.45) is 0 Å². The highest BCUT2D eigenvalue weighted by Gasteiger charge is 2.17. The van der Waals surface area contributed by atoms with E-state index in [0.717, 1.165) is 24.1 Å². The first-order valence-corrected chi connectivity index (χ1v) is 9.46. The largest absolute Gasteiger partial charge is 0.489 e. The fourth-order valence-electron chi connectivity index (χ4n) is 3.18. The van der Waals surface area contributed by atoms with Crippen molar-refractivity contribution < 1.29 is 9.47 Å². The fourth-order valence-corrected chi connectivity index (χ4v) is 3.18. The van der Waals surface area contributed by atoms with Crippen LogP contribution in [-0.2, 0) is 4.74 Å². The Morgan fingerprint density at radius 2 is 2.00 bits per heavy atom. The Kier molecular flexibility index (Phi) is 5.54. The Morgan fingerprint density at radius 1 is 1.14 bits per heavy atom. The van der Waals surface area contributed by atoms with Gasteiger partial charge in [-0.25, -0.2) is 9.97 Å². The zero-order chi connectivity index (χ0) is 20.1. The zero-order valence-corrected chi connectivity index (χ0v) is 15.8. The third kappa shape index (κ3) is 4.62. The zero-order valence-electron chi connectivity index (χ0n) is 15.8. The van der Waals surface area contributed by atoms with Crippen LogP contribution in [0.15, 0.2) is 54.7 Å². The van der Waals surface area contributed by atoms with E-state index in [4.69, 9.17) is 15.2 Å². The molecule has 3 aromatic rings. The summed E-state index contributed by atoms with van der Waals surface area (Å²) in [7, 11) is 0. The van der Waals surface area contributed by atoms with Crippen LogP contribution in [0.4, 0.5) is 17.3 Å². The number of nitriles is 1. The van der Waals surface area contributed by atoms with Gasteiger partial charge in [-0.05, 0) is 42.5 Å². The van der Waals surface area contributed by atoms with Crippen molar-refractivity contribution in [2.75, 3.05) is 24.3 Å². The third-order valence-electron chi connectivity index (χ3n) is 4.66. The van der Waals surface area contributed by atoms with Crippen LogP contribution in [0, 0.1) is 11.3 Å². The fraction of sp³-hybridized carbons (Fsp3) is 0.227. The lowest BCUT2D eigenvalue weighted by atomic mass is 10.1. The molecule has 1 aliphatic rings. The van der Waals surface area contributed by atoms with E-state index in [9.17, 15) is 5.26 Å². The number of nitrogens with zero attached hydrogens (tertiary/aromatic N) is 3. The van der Waals surface area contributed by atoms with E-state index >= 15 is 0 Å². The Morgan fingerprint density at radius 3 is 2.79 bits per heavy atom. The van der Waals surface area contributed by atoms with Crippen molar-refractivity contribution in [3.05, 3.63) is 60.3 Å². The summed E-state index contributed by atoms with van der Waals surface area (Å²) in [6, 6.07) is 16.9. The molecule has 4 rings (SSSR count). The molecule has 2 heterocycles. The summed E-state index contributed by atoms with van der Waals surface area (Å²) in [5.74, 6) is 1.05. The summed E-state index contributed by atoms with van der Waals surface area (Å²) in [5.41, 5.74) is 9.29. The number of aromatic nitrogens is 2. The van der Waals surface area contributed by atoms with Crippen molar-refractivity contribution in [3.8, 4) is 23.1 Å². The molecule has 29 heavy (non-hydrogen) atoms. The second kappa shape index (κ2) is 8.59. The van der Waals surface area contributed by atoms with Gasteiger partial charge in [-0.2, -0.15) is 5.26 Å². The maximum atomic E-state index is 9.58. The van der Waals surface area contributed by atoms with Crippen LogP contribution in [0.5, 0.6) is 5.75 Å². The minimum atomic E-state index is 0.0786. The summed E-state index contributed by atoms with van der Waals surface area (Å²) < 4.78 is 11.4. The smallest absolute Gasteiger partial charge is 0.227 e. The molecule has 3 N–H and O–H groups in total. The summed E-state index contributed by atoms with van der Waals surface area (Å²) >= 11 is 0. The molecule has 7 heteroatoms. The van der Waals surface area contributed by atoms with Crippen molar-refractivity contribution >= 4 is 17.3 Å². The summed E-state index contributed by atoms with van der Waals surface area (Å²) in [5, 5.41) is 12.7. The quantitative estimate of drug-likeness (QED) is 0.640. The number of benzene rings is 2. The molecule has 0 bridgehead atoms. The van der Waals surface area contributed by atoms with E-state index in [1.807, 2.05) is 36.4 Å². The Labute approximate surface area is 169 Å². The van der Waals surface area contributed by atoms with Gasteiger partial charge in [-0.15, -0.1) is 0 Å². The van der Waals surface area contributed by atoms with Gasteiger partial charge in [0.15, 0.2) is 0 Å². The van der Waals surface area contributed by atoms with Crippen LogP contribution in [0.1, 0.15) is 18.4 Å². The highest BCUT2D eigenvalue weighted by Crippen LogP contribution is 2.28. The SMILES string of the molecule is N#Cc1cc(-c2ccnc(Nc3cccc(N)c3)n2)ccc1OC1CCOCC1. The topological polar surface area (TPSA) is 106 Å². The van der Waals surface area contributed by atoms with E-state index in [2.05, 4.69) is 21.4 Å². The molecule has 0 aliphatic carbocycles. The predicted molar refractivity (Wildman–Crippen MR) is 111 cm³/mol. The summed E-state index contributed by atoms with van der Waals surface area (Å²) in [4.78, 5) is 8.82. The lowest BCUT2D eigenvalue weighted by Crippen LogP contribution is -2.26. The minimum Gasteiger partial charge on any atom is -0.489 e. The molecule has 1 aliphatic heterocycles. The van der Waals surface area contributed by atoms with Gasteiger partial charge in [0.25, 0.3) is 0 Å². The van der Waals surface area contributed by atoms with Gasteiger partial charge < -0.3 is 20.5 Å². The number of ether oxygens (including phenoxy) is 2. The maximum absolute atomic E-state index is 9.58. The molecule has 1 fully saturated rings.